The minimum Gasteiger partial charge on any atom is -0.332 e. The molecule has 132 valence electrons. The number of aryl methyl sites for hydroxylation is 1. The predicted molar refractivity (Wildman–Crippen MR) is 84.5 cm³/mol. The van der Waals surface area contributed by atoms with Gasteiger partial charge < -0.3 is 4.90 Å². The second kappa shape index (κ2) is 6.10. The Hall–Kier alpha value is -1.50. The zero-order chi connectivity index (χ0) is 16.7. The summed E-state index contributed by atoms with van der Waals surface area (Å²) in [5, 5.41) is 4.32. The molecule has 5 nitrogen and oxygen atoms in total. The number of aromatic nitrogens is 2. The van der Waals surface area contributed by atoms with Gasteiger partial charge in [0.25, 0.3) is 5.92 Å². The molecular weight excluding hydrogens is 314 g/mol. The summed E-state index contributed by atoms with van der Waals surface area (Å²) in [6, 6.07) is 1.94. The van der Waals surface area contributed by atoms with Crippen LogP contribution >= 0.6 is 0 Å². The molecule has 1 aromatic rings. The Kier molecular flexibility index (Phi) is 4.06. The minimum absolute atomic E-state index is 0.00755. The lowest BCUT2D eigenvalue weighted by Crippen LogP contribution is -2.46. The molecule has 1 aliphatic carbocycles. The lowest BCUT2D eigenvalue weighted by Gasteiger charge is -2.33. The zero-order valence-corrected chi connectivity index (χ0v) is 13.8. The number of halogens is 2. The van der Waals surface area contributed by atoms with Crippen LogP contribution in [0.25, 0.3) is 0 Å². The summed E-state index contributed by atoms with van der Waals surface area (Å²) < 4.78 is 28.9. The van der Waals surface area contributed by atoms with Crippen molar-refractivity contribution in [2.75, 3.05) is 19.6 Å². The van der Waals surface area contributed by atoms with Crippen LogP contribution in [-0.4, -0.2) is 57.1 Å². The molecule has 1 atom stereocenters. The number of hydrogen-bond acceptors (Lipinski definition) is 3. The molecule has 0 radical (unpaired) electrons. The maximum absolute atomic E-state index is 13.5. The molecule has 2 aliphatic heterocycles. The fourth-order valence-corrected chi connectivity index (χ4v) is 3.86. The van der Waals surface area contributed by atoms with Gasteiger partial charge >= 0.3 is 0 Å². The van der Waals surface area contributed by atoms with E-state index in [0.29, 0.717) is 32.0 Å². The fourth-order valence-electron chi connectivity index (χ4n) is 3.86. The van der Waals surface area contributed by atoms with E-state index in [2.05, 4.69) is 5.10 Å². The van der Waals surface area contributed by atoms with Crippen LogP contribution in [0.3, 0.4) is 0 Å². The summed E-state index contributed by atoms with van der Waals surface area (Å²) in [5.74, 6) is -1.88. The summed E-state index contributed by atoms with van der Waals surface area (Å²) in [4.78, 5) is 16.5. The number of hydrogen-bond donors (Lipinski definition) is 0. The quantitative estimate of drug-likeness (QED) is 0.844. The number of fused-ring (bicyclic) bond motifs is 1. The molecule has 0 spiro atoms. The van der Waals surface area contributed by atoms with Gasteiger partial charge in [0.2, 0.25) is 5.91 Å². The monoisotopic (exact) mass is 338 g/mol. The molecule has 1 saturated carbocycles. The highest BCUT2D eigenvalue weighted by atomic mass is 19.3. The first-order chi connectivity index (χ1) is 11.5. The topological polar surface area (TPSA) is 41.4 Å². The van der Waals surface area contributed by atoms with Crippen molar-refractivity contribution in [2.24, 2.45) is 5.92 Å². The molecule has 4 rings (SSSR count). The zero-order valence-electron chi connectivity index (χ0n) is 13.8. The highest BCUT2D eigenvalue weighted by Gasteiger charge is 2.40. The molecule has 0 unspecified atom stereocenters. The van der Waals surface area contributed by atoms with Gasteiger partial charge in [-0.2, -0.15) is 5.10 Å². The second-order valence-corrected chi connectivity index (χ2v) is 7.50. The summed E-state index contributed by atoms with van der Waals surface area (Å²) >= 11 is 0. The van der Waals surface area contributed by atoms with E-state index in [4.69, 9.17) is 0 Å². The van der Waals surface area contributed by atoms with Gasteiger partial charge in [-0.1, -0.05) is 0 Å². The first-order valence-corrected chi connectivity index (χ1v) is 8.90. The van der Waals surface area contributed by atoms with Gasteiger partial charge in [0, 0.05) is 44.7 Å². The van der Waals surface area contributed by atoms with Crippen molar-refractivity contribution in [3.8, 4) is 0 Å². The Labute approximate surface area is 140 Å². The molecule has 3 heterocycles. The molecule has 0 aromatic carbocycles. The highest BCUT2D eigenvalue weighted by molar-refractivity contribution is 5.77. The number of alkyl halides is 2. The molecule has 3 aliphatic rings. The summed E-state index contributed by atoms with van der Waals surface area (Å²) in [5.41, 5.74) is 1.04. The van der Waals surface area contributed by atoms with E-state index in [1.54, 1.807) is 6.20 Å². The van der Waals surface area contributed by atoms with Crippen LogP contribution in [0.2, 0.25) is 0 Å². The number of amides is 1. The van der Waals surface area contributed by atoms with Crippen LogP contribution in [0.1, 0.15) is 37.8 Å². The van der Waals surface area contributed by atoms with Gasteiger partial charge in [-0.15, -0.1) is 0 Å². The Morgan fingerprint density at radius 1 is 1.29 bits per heavy atom. The molecule has 1 saturated heterocycles. The maximum atomic E-state index is 13.5. The van der Waals surface area contributed by atoms with Crippen molar-refractivity contribution in [1.82, 2.24) is 19.6 Å². The van der Waals surface area contributed by atoms with E-state index in [1.807, 2.05) is 20.5 Å². The van der Waals surface area contributed by atoms with Crippen molar-refractivity contribution in [3.63, 3.8) is 0 Å². The molecule has 24 heavy (non-hydrogen) atoms. The normalized spacial score (nSPS) is 27.1. The Morgan fingerprint density at radius 2 is 2.12 bits per heavy atom. The Balaban J connectivity index is 1.49. The SMILES string of the molecule is O=C(CC1CC1)N1Cc2ccnn2CC[C@@H]1CN1CCC(F)(F)C1. The van der Waals surface area contributed by atoms with Gasteiger partial charge in [-0.3, -0.25) is 14.4 Å². The lowest BCUT2D eigenvalue weighted by atomic mass is 10.1. The second-order valence-electron chi connectivity index (χ2n) is 7.50. The highest BCUT2D eigenvalue weighted by Crippen LogP contribution is 2.34. The van der Waals surface area contributed by atoms with Crippen molar-refractivity contribution in [1.29, 1.82) is 0 Å². The van der Waals surface area contributed by atoms with Crippen molar-refractivity contribution >= 4 is 5.91 Å². The molecule has 7 heteroatoms. The smallest absolute Gasteiger partial charge is 0.261 e. The Bertz CT molecular complexity index is 613. The molecule has 2 fully saturated rings. The van der Waals surface area contributed by atoms with E-state index < -0.39 is 5.92 Å². The summed E-state index contributed by atoms with van der Waals surface area (Å²) in [7, 11) is 0. The lowest BCUT2D eigenvalue weighted by molar-refractivity contribution is -0.135. The first kappa shape index (κ1) is 16.0. The van der Waals surface area contributed by atoms with Crippen LogP contribution in [-0.2, 0) is 17.9 Å². The van der Waals surface area contributed by atoms with Crippen LogP contribution in [0, 0.1) is 5.92 Å². The number of likely N-dealkylation sites (tertiary alicyclic amines) is 1. The average molecular weight is 338 g/mol. The van der Waals surface area contributed by atoms with Gasteiger partial charge in [0.15, 0.2) is 0 Å². The van der Waals surface area contributed by atoms with E-state index >= 15 is 0 Å². The van der Waals surface area contributed by atoms with Gasteiger partial charge in [0.1, 0.15) is 0 Å². The Morgan fingerprint density at radius 3 is 2.83 bits per heavy atom. The van der Waals surface area contributed by atoms with E-state index in [0.717, 1.165) is 31.5 Å². The first-order valence-electron chi connectivity index (χ1n) is 8.90. The van der Waals surface area contributed by atoms with Crippen molar-refractivity contribution in [2.45, 2.75) is 57.2 Å². The third-order valence-electron chi connectivity index (χ3n) is 5.45. The van der Waals surface area contributed by atoms with Crippen LogP contribution < -0.4 is 0 Å². The molecule has 1 aromatic heterocycles. The number of rotatable bonds is 4. The van der Waals surface area contributed by atoms with Gasteiger partial charge in [-0.05, 0) is 31.2 Å². The van der Waals surface area contributed by atoms with E-state index in [9.17, 15) is 13.6 Å². The molecular formula is C17H24F2N4O. The standard InChI is InChI=1S/C17H24F2N4O/c18-17(19)5-8-21(12-17)10-14-4-7-23-15(3-6-20-23)11-22(14)16(24)9-13-1-2-13/h3,6,13-14H,1-2,4-5,7-12H2/t14-/m1/s1. The van der Waals surface area contributed by atoms with Gasteiger partial charge in [-0.25, -0.2) is 8.78 Å². The fraction of sp³-hybridized carbons (Fsp3) is 0.765. The third-order valence-corrected chi connectivity index (χ3v) is 5.45. The number of carbonyl (C=O) groups is 1. The summed E-state index contributed by atoms with van der Waals surface area (Å²) in [6.07, 6.45) is 5.34. The summed E-state index contributed by atoms with van der Waals surface area (Å²) in [6.45, 7) is 2.05. The third kappa shape index (κ3) is 3.45. The molecule has 1 amide bonds. The minimum atomic E-state index is -2.58. The van der Waals surface area contributed by atoms with Crippen LogP contribution in [0.5, 0.6) is 0 Å². The molecule has 0 N–H and O–H groups in total. The van der Waals surface area contributed by atoms with E-state index in [-0.39, 0.29) is 24.9 Å². The van der Waals surface area contributed by atoms with Crippen LogP contribution in [0.15, 0.2) is 12.3 Å². The van der Waals surface area contributed by atoms with Gasteiger partial charge in [0.05, 0.1) is 18.8 Å². The molecule has 0 bridgehead atoms. The van der Waals surface area contributed by atoms with E-state index in [1.165, 1.54) is 0 Å². The average Bonchev–Trinajstić information content (AvgIpc) is 3.16. The predicted octanol–water partition coefficient (Wildman–Crippen LogP) is 2.13. The van der Waals surface area contributed by atoms with Crippen LogP contribution in [0.4, 0.5) is 8.78 Å². The van der Waals surface area contributed by atoms with Crippen molar-refractivity contribution < 1.29 is 13.6 Å². The number of nitrogens with zero attached hydrogens (tertiary/aromatic N) is 4. The largest absolute Gasteiger partial charge is 0.332 e. The maximum Gasteiger partial charge on any atom is 0.261 e. The van der Waals surface area contributed by atoms with Crippen molar-refractivity contribution in [3.05, 3.63) is 18.0 Å². The number of carbonyl (C=O) groups excluding carboxylic acids is 1.